The molecule has 1 nitrogen and oxygen atoms in total. The van der Waals surface area contributed by atoms with Crippen molar-refractivity contribution < 1.29 is 4.79 Å². The van der Waals surface area contributed by atoms with Crippen LogP contribution >= 0.6 is 0 Å². The van der Waals surface area contributed by atoms with Gasteiger partial charge in [0.15, 0.2) is 5.78 Å². The largest absolute Gasteiger partial charge is 0.295 e. The van der Waals surface area contributed by atoms with Crippen molar-refractivity contribution in [2.24, 2.45) is 11.8 Å². The minimum absolute atomic E-state index is 0.329. The van der Waals surface area contributed by atoms with Gasteiger partial charge in [0.05, 0.1) is 0 Å². The Bertz CT molecular complexity index is 193. The normalized spacial score (nSPS) is 29.4. The van der Waals surface area contributed by atoms with Crippen LogP contribution in [0.1, 0.15) is 46.0 Å². The molecule has 1 fully saturated rings. The monoisotopic (exact) mass is 180 g/mol. The van der Waals surface area contributed by atoms with E-state index in [0.717, 1.165) is 18.8 Å². The maximum absolute atomic E-state index is 11.6. The second-order valence-corrected chi connectivity index (χ2v) is 4.04. The van der Waals surface area contributed by atoms with Crippen LogP contribution in [0, 0.1) is 11.8 Å². The molecule has 0 bridgehead atoms. The van der Waals surface area contributed by atoms with Gasteiger partial charge in [0.25, 0.3) is 0 Å². The van der Waals surface area contributed by atoms with Crippen LogP contribution in [0.2, 0.25) is 0 Å². The highest BCUT2D eigenvalue weighted by atomic mass is 16.1. The molecule has 1 heteroatoms. The van der Waals surface area contributed by atoms with E-state index in [4.69, 9.17) is 0 Å². The Balaban J connectivity index is 2.46. The Morgan fingerprint density at radius 3 is 2.85 bits per heavy atom. The van der Waals surface area contributed by atoms with Gasteiger partial charge in [-0.1, -0.05) is 32.3 Å². The Morgan fingerprint density at radius 1 is 1.46 bits per heavy atom. The summed E-state index contributed by atoms with van der Waals surface area (Å²) in [6.45, 7) is 4.14. The molecule has 1 saturated carbocycles. The maximum atomic E-state index is 11.6. The standard InChI is InChI=1S/C12H20O/c1-3-6-12(13)11-8-5-7-10(4-2)9-11/h3,6,10-11H,4-5,7-9H2,1-2H3/b6-3+. The molecule has 0 saturated heterocycles. The molecule has 74 valence electrons. The Labute approximate surface area is 81.2 Å². The van der Waals surface area contributed by atoms with E-state index in [2.05, 4.69) is 6.92 Å². The summed E-state index contributed by atoms with van der Waals surface area (Å²) in [7, 11) is 0. The highest BCUT2D eigenvalue weighted by Gasteiger charge is 2.24. The van der Waals surface area contributed by atoms with Crippen LogP contribution in [0.25, 0.3) is 0 Å². The van der Waals surface area contributed by atoms with E-state index in [9.17, 15) is 4.79 Å². The van der Waals surface area contributed by atoms with Gasteiger partial charge in [-0.15, -0.1) is 0 Å². The molecule has 1 rings (SSSR count). The van der Waals surface area contributed by atoms with E-state index in [1.54, 1.807) is 6.08 Å². The van der Waals surface area contributed by atoms with E-state index in [-0.39, 0.29) is 0 Å². The number of allylic oxidation sites excluding steroid dienone is 2. The number of rotatable bonds is 3. The van der Waals surface area contributed by atoms with Gasteiger partial charge in [-0.3, -0.25) is 4.79 Å². The molecule has 1 aliphatic carbocycles. The molecular weight excluding hydrogens is 160 g/mol. The molecule has 0 amide bonds. The molecule has 0 radical (unpaired) electrons. The van der Waals surface area contributed by atoms with Gasteiger partial charge in [-0.2, -0.15) is 0 Å². The van der Waals surface area contributed by atoms with Gasteiger partial charge >= 0.3 is 0 Å². The zero-order chi connectivity index (χ0) is 9.68. The predicted molar refractivity (Wildman–Crippen MR) is 55.6 cm³/mol. The fourth-order valence-electron chi connectivity index (χ4n) is 2.22. The van der Waals surface area contributed by atoms with E-state index in [0.29, 0.717) is 11.7 Å². The topological polar surface area (TPSA) is 17.1 Å². The van der Waals surface area contributed by atoms with Crippen molar-refractivity contribution >= 4 is 5.78 Å². The number of ketones is 1. The smallest absolute Gasteiger partial charge is 0.158 e. The summed E-state index contributed by atoms with van der Waals surface area (Å²) in [6, 6.07) is 0. The summed E-state index contributed by atoms with van der Waals surface area (Å²) in [4.78, 5) is 11.6. The first-order chi connectivity index (χ1) is 6.27. The molecule has 1 aliphatic rings. The lowest BCUT2D eigenvalue weighted by Gasteiger charge is -2.26. The lowest BCUT2D eigenvalue weighted by atomic mass is 9.78. The van der Waals surface area contributed by atoms with Crippen LogP contribution < -0.4 is 0 Å². The average Bonchev–Trinajstić information content (AvgIpc) is 2.18. The lowest BCUT2D eigenvalue weighted by molar-refractivity contribution is -0.119. The van der Waals surface area contributed by atoms with Crippen molar-refractivity contribution in [1.29, 1.82) is 0 Å². The van der Waals surface area contributed by atoms with E-state index in [1.807, 2.05) is 13.0 Å². The van der Waals surface area contributed by atoms with Crippen LogP contribution in [-0.4, -0.2) is 5.78 Å². The molecule has 0 heterocycles. The minimum Gasteiger partial charge on any atom is -0.295 e. The van der Waals surface area contributed by atoms with Crippen molar-refractivity contribution in [1.82, 2.24) is 0 Å². The lowest BCUT2D eigenvalue weighted by Crippen LogP contribution is -2.21. The van der Waals surface area contributed by atoms with Crippen molar-refractivity contribution in [3.63, 3.8) is 0 Å². The van der Waals surface area contributed by atoms with Gasteiger partial charge < -0.3 is 0 Å². The highest BCUT2D eigenvalue weighted by Crippen LogP contribution is 2.31. The van der Waals surface area contributed by atoms with Crippen molar-refractivity contribution in [2.75, 3.05) is 0 Å². The molecular formula is C12H20O. The van der Waals surface area contributed by atoms with Crippen LogP contribution in [0.3, 0.4) is 0 Å². The number of hydrogen-bond acceptors (Lipinski definition) is 1. The third-order valence-corrected chi connectivity index (χ3v) is 3.09. The average molecular weight is 180 g/mol. The molecule has 0 aromatic carbocycles. The van der Waals surface area contributed by atoms with E-state index >= 15 is 0 Å². The summed E-state index contributed by atoms with van der Waals surface area (Å²) in [5.74, 6) is 1.48. The van der Waals surface area contributed by atoms with Gasteiger partial charge in [0, 0.05) is 5.92 Å². The Kier molecular flexibility index (Phi) is 4.20. The van der Waals surface area contributed by atoms with Gasteiger partial charge in [0.1, 0.15) is 0 Å². The molecule has 2 atom stereocenters. The Morgan fingerprint density at radius 2 is 2.23 bits per heavy atom. The molecule has 0 aromatic rings. The van der Waals surface area contributed by atoms with Crippen LogP contribution in [0.4, 0.5) is 0 Å². The van der Waals surface area contributed by atoms with Crippen LogP contribution in [0.15, 0.2) is 12.2 Å². The zero-order valence-electron chi connectivity index (χ0n) is 8.75. The molecule has 13 heavy (non-hydrogen) atoms. The third kappa shape index (κ3) is 2.98. The SMILES string of the molecule is C/C=C/C(=O)C1CCCC(CC)C1. The second kappa shape index (κ2) is 5.21. The number of carbonyl (C=O) groups is 1. The zero-order valence-corrected chi connectivity index (χ0v) is 8.75. The maximum Gasteiger partial charge on any atom is 0.158 e. The van der Waals surface area contributed by atoms with Crippen molar-refractivity contribution in [3.05, 3.63) is 12.2 Å². The van der Waals surface area contributed by atoms with Gasteiger partial charge in [-0.25, -0.2) is 0 Å². The first-order valence-electron chi connectivity index (χ1n) is 5.44. The fraction of sp³-hybridized carbons (Fsp3) is 0.750. The third-order valence-electron chi connectivity index (χ3n) is 3.09. The number of hydrogen-bond donors (Lipinski definition) is 0. The molecule has 0 aliphatic heterocycles. The van der Waals surface area contributed by atoms with E-state index in [1.165, 1.54) is 19.3 Å². The molecule has 0 spiro atoms. The van der Waals surface area contributed by atoms with Crippen LogP contribution in [-0.2, 0) is 4.79 Å². The minimum atomic E-state index is 0.329. The van der Waals surface area contributed by atoms with Crippen LogP contribution in [0.5, 0.6) is 0 Å². The molecule has 2 unspecified atom stereocenters. The summed E-state index contributed by atoms with van der Waals surface area (Å²) in [5, 5.41) is 0. The first kappa shape index (κ1) is 10.5. The summed E-state index contributed by atoms with van der Waals surface area (Å²) in [6.07, 6.45) is 9.64. The predicted octanol–water partition coefficient (Wildman–Crippen LogP) is 3.35. The second-order valence-electron chi connectivity index (χ2n) is 4.04. The molecule has 0 aromatic heterocycles. The summed E-state index contributed by atoms with van der Waals surface area (Å²) in [5.41, 5.74) is 0. The first-order valence-corrected chi connectivity index (χ1v) is 5.44. The van der Waals surface area contributed by atoms with E-state index < -0.39 is 0 Å². The number of carbonyl (C=O) groups excluding carboxylic acids is 1. The highest BCUT2D eigenvalue weighted by molar-refractivity contribution is 5.91. The Hall–Kier alpha value is -0.590. The van der Waals surface area contributed by atoms with Crippen molar-refractivity contribution in [2.45, 2.75) is 46.0 Å². The summed E-state index contributed by atoms with van der Waals surface area (Å²) < 4.78 is 0. The van der Waals surface area contributed by atoms with Gasteiger partial charge in [-0.05, 0) is 31.8 Å². The van der Waals surface area contributed by atoms with Gasteiger partial charge in [0.2, 0.25) is 0 Å². The quantitative estimate of drug-likeness (QED) is 0.609. The summed E-state index contributed by atoms with van der Waals surface area (Å²) >= 11 is 0. The fourth-order valence-corrected chi connectivity index (χ4v) is 2.22. The molecule has 0 N–H and O–H groups in total. The van der Waals surface area contributed by atoms with Crippen molar-refractivity contribution in [3.8, 4) is 0 Å².